The van der Waals surface area contributed by atoms with Gasteiger partial charge in [-0.3, -0.25) is 0 Å². The van der Waals surface area contributed by atoms with Gasteiger partial charge in [0.1, 0.15) is 5.56 Å². The summed E-state index contributed by atoms with van der Waals surface area (Å²) in [5.74, 6) is -3.55. The van der Waals surface area contributed by atoms with Gasteiger partial charge in [0.05, 0.1) is 13.2 Å². The van der Waals surface area contributed by atoms with E-state index in [2.05, 4.69) is 0 Å². The molecule has 1 aromatic carbocycles. The first-order valence-electron chi connectivity index (χ1n) is 4.65. The van der Waals surface area contributed by atoms with Crippen LogP contribution < -0.4 is 9.47 Å². The summed E-state index contributed by atoms with van der Waals surface area (Å²) in [6.45, 7) is 0.578. The van der Waals surface area contributed by atoms with Crippen molar-refractivity contribution >= 4 is 5.97 Å². The molecule has 0 saturated heterocycles. The van der Waals surface area contributed by atoms with Gasteiger partial charge < -0.3 is 19.7 Å². The first-order valence-corrected chi connectivity index (χ1v) is 4.65. The molecule has 0 amide bonds. The summed E-state index contributed by atoms with van der Waals surface area (Å²) < 4.78 is 23.5. The highest BCUT2D eigenvalue weighted by Gasteiger charge is 2.26. The molecule has 1 aliphatic heterocycles. The Kier molecular flexibility index (Phi) is 2.55. The summed E-state index contributed by atoms with van der Waals surface area (Å²) in [5, 5.41) is 18.2. The molecule has 1 heterocycles. The molecule has 0 radical (unpaired) electrons. The van der Waals surface area contributed by atoms with E-state index in [0.717, 1.165) is 6.07 Å². The fourth-order valence-electron chi connectivity index (χ4n) is 1.46. The minimum absolute atomic E-state index is 0.00481. The van der Waals surface area contributed by atoms with E-state index in [4.69, 9.17) is 14.6 Å². The molecule has 16 heavy (non-hydrogen) atoms. The maximum absolute atomic E-state index is 13.2. The Hall–Kier alpha value is -1.98. The monoisotopic (exact) mass is 228 g/mol. The highest BCUT2D eigenvalue weighted by molar-refractivity contribution is 5.95. The molecule has 2 rings (SSSR count). The number of hydrogen-bond donors (Lipinski definition) is 2. The normalized spacial score (nSPS) is 14.3. The number of carboxylic acids is 1. The van der Waals surface area contributed by atoms with E-state index in [-0.39, 0.29) is 18.1 Å². The van der Waals surface area contributed by atoms with Crippen LogP contribution >= 0.6 is 0 Å². The minimum Gasteiger partial charge on any atom is -0.504 e. The molecule has 0 aromatic heterocycles. The van der Waals surface area contributed by atoms with E-state index >= 15 is 0 Å². The van der Waals surface area contributed by atoms with Gasteiger partial charge in [-0.1, -0.05) is 0 Å². The van der Waals surface area contributed by atoms with Gasteiger partial charge >= 0.3 is 5.97 Å². The van der Waals surface area contributed by atoms with Gasteiger partial charge in [-0.2, -0.15) is 0 Å². The van der Waals surface area contributed by atoms with Gasteiger partial charge in [-0.25, -0.2) is 9.18 Å². The number of carboxylic acid groups (broad SMARTS) is 1. The van der Waals surface area contributed by atoms with Crippen LogP contribution in [0.3, 0.4) is 0 Å². The van der Waals surface area contributed by atoms with Crippen molar-refractivity contribution in [2.24, 2.45) is 0 Å². The number of hydrogen-bond acceptors (Lipinski definition) is 4. The number of halogens is 1. The molecule has 6 heteroatoms. The van der Waals surface area contributed by atoms with Gasteiger partial charge in [-0.05, 0) is 0 Å². The number of aromatic hydroxyl groups is 1. The Balaban J connectivity index is 2.65. The van der Waals surface area contributed by atoms with Crippen LogP contribution in [0.2, 0.25) is 0 Å². The van der Waals surface area contributed by atoms with Crippen molar-refractivity contribution in [2.45, 2.75) is 6.42 Å². The largest absolute Gasteiger partial charge is 0.504 e. The van der Waals surface area contributed by atoms with E-state index in [1.54, 1.807) is 0 Å². The molecule has 2 N–H and O–H groups in total. The van der Waals surface area contributed by atoms with E-state index in [1.807, 2.05) is 0 Å². The Labute approximate surface area is 90.0 Å². The maximum atomic E-state index is 13.2. The van der Waals surface area contributed by atoms with Gasteiger partial charge in [0, 0.05) is 12.5 Å². The first-order chi connectivity index (χ1) is 7.61. The molecule has 0 fully saturated rings. The second-order valence-corrected chi connectivity index (χ2v) is 3.26. The molecule has 1 aliphatic rings. The third-order valence-corrected chi connectivity index (χ3v) is 2.18. The maximum Gasteiger partial charge on any atom is 0.343 e. The standard InChI is InChI=1S/C10H9FO5/c11-5-4-6-9(16-3-1-2-15-6)7(8(5)12)10(13)14/h4,12H,1-3H2,(H,13,14). The van der Waals surface area contributed by atoms with Crippen LogP contribution in [-0.4, -0.2) is 29.4 Å². The molecular formula is C10H9FO5. The van der Waals surface area contributed by atoms with Crippen molar-refractivity contribution in [3.8, 4) is 17.2 Å². The minimum atomic E-state index is -1.46. The van der Waals surface area contributed by atoms with Crippen molar-refractivity contribution in [1.29, 1.82) is 0 Å². The van der Waals surface area contributed by atoms with Crippen LogP contribution in [-0.2, 0) is 0 Å². The topological polar surface area (TPSA) is 76.0 Å². The molecule has 0 saturated carbocycles. The third-order valence-electron chi connectivity index (χ3n) is 2.18. The average Bonchev–Trinajstić information content (AvgIpc) is 2.44. The van der Waals surface area contributed by atoms with Crippen LogP contribution in [0.5, 0.6) is 17.2 Å². The zero-order chi connectivity index (χ0) is 11.7. The predicted molar refractivity (Wildman–Crippen MR) is 50.6 cm³/mol. The molecular weight excluding hydrogens is 219 g/mol. The molecule has 0 unspecified atom stereocenters. The first kappa shape index (κ1) is 10.5. The zero-order valence-electron chi connectivity index (χ0n) is 8.20. The smallest absolute Gasteiger partial charge is 0.343 e. The van der Waals surface area contributed by atoms with Gasteiger partial charge in [-0.15, -0.1) is 0 Å². The molecule has 0 aliphatic carbocycles. The van der Waals surface area contributed by atoms with E-state index in [0.29, 0.717) is 13.0 Å². The lowest BCUT2D eigenvalue weighted by Crippen LogP contribution is -2.05. The summed E-state index contributed by atoms with van der Waals surface area (Å²) in [5.41, 5.74) is -0.600. The summed E-state index contributed by atoms with van der Waals surface area (Å²) >= 11 is 0. The fraction of sp³-hybridized carbons (Fsp3) is 0.300. The summed E-state index contributed by atoms with van der Waals surface area (Å²) in [7, 11) is 0. The second-order valence-electron chi connectivity index (χ2n) is 3.26. The molecule has 0 bridgehead atoms. The summed E-state index contributed by atoms with van der Waals surface area (Å²) in [6, 6.07) is 0.919. The van der Waals surface area contributed by atoms with Crippen molar-refractivity contribution in [2.75, 3.05) is 13.2 Å². The number of phenols is 1. The molecule has 1 aromatic rings. The van der Waals surface area contributed by atoms with Crippen molar-refractivity contribution in [3.63, 3.8) is 0 Å². The second kappa shape index (κ2) is 3.88. The van der Waals surface area contributed by atoms with E-state index in [9.17, 15) is 14.3 Å². The van der Waals surface area contributed by atoms with Gasteiger partial charge in [0.2, 0.25) is 0 Å². The lowest BCUT2D eigenvalue weighted by molar-refractivity contribution is 0.0687. The van der Waals surface area contributed by atoms with Gasteiger partial charge in [0.25, 0.3) is 0 Å². The fourth-order valence-corrected chi connectivity index (χ4v) is 1.46. The van der Waals surface area contributed by atoms with Gasteiger partial charge in [0.15, 0.2) is 23.1 Å². The number of carbonyl (C=O) groups is 1. The van der Waals surface area contributed by atoms with Crippen molar-refractivity contribution in [1.82, 2.24) is 0 Å². The summed E-state index contributed by atoms with van der Waals surface area (Å²) in [6.07, 6.45) is 0.566. The summed E-state index contributed by atoms with van der Waals surface area (Å²) in [4.78, 5) is 10.9. The van der Waals surface area contributed by atoms with E-state index < -0.39 is 23.1 Å². The Morgan fingerprint density at radius 2 is 2.06 bits per heavy atom. The number of rotatable bonds is 1. The van der Waals surface area contributed by atoms with E-state index in [1.165, 1.54) is 0 Å². The lowest BCUT2D eigenvalue weighted by atomic mass is 10.1. The lowest BCUT2D eigenvalue weighted by Gasteiger charge is -2.11. The Morgan fingerprint density at radius 3 is 2.75 bits per heavy atom. The predicted octanol–water partition coefficient (Wildman–Crippen LogP) is 1.39. The molecule has 5 nitrogen and oxygen atoms in total. The average molecular weight is 228 g/mol. The van der Waals surface area contributed by atoms with Crippen molar-refractivity contribution in [3.05, 3.63) is 17.4 Å². The zero-order valence-corrected chi connectivity index (χ0v) is 8.20. The number of benzene rings is 1. The number of fused-ring (bicyclic) bond motifs is 1. The van der Waals surface area contributed by atoms with Crippen LogP contribution in [0, 0.1) is 5.82 Å². The molecule has 0 spiro atoms. The highest BCUT2D eigenvalue weighted by Crippen LogP contribution is 2.40. The van der Waals surface area contributed by atoms with Crippen LogP contribution in [0.15, 0.2) is 6.07 Å². The quantitative estimate of drug-likeness (QED) is 0.759. The third kappa shape index (κ3) is 1.62. The van der Waals surface area contributed by atoms with Crippen LogP contribution in [0.4, 0.5) is 4.39 Å². The number of aromatic carboxylic acids is 1. The SMILES string of the molecule is O=C(O)c1c(O)c(F)cc2c1OCCCO2. The van der Waals surface area contributed by atoms with Crippen LogP contribution in [0.1, 0.15) is 16.8 Å². The highest BCUT2D eigenvalue weighted by atomic mass is 19.1. The molecule has 86 valence electrons. The molecule has 0 atom stereocenters. The van der Waals surface area contributed by atoms with Crippen LogP contribution in [0.25, 0.3) is 0 Å². The Morgan fingerprint density at radius 1 is 1.38 bits per heavy atom. The number of ether oxygens (including phenoxy) is 2. The van der Waals surface area contributed by atoms with Crippen molar-refractivity contribution < 1.29 is 28.9 Å². The Bertz CT molecular complexity index is 443.